The highest BCUT2D eigenvalue weighted by atomic mass is 16.5. The Labute approximate surface area is 101 Å². The van der Waals surface area contributed by atoms with Gasteiger partial charge in [0.25, 0.3) is 0 Å². The summed E-state index contributed by atoms with van der Waals surface area (Å²) in [6.07, 6.45) is 4.23. The van der Waals surface area contributed by atoms with Gasteiger partial charge in [0.15, 0.2) is 5.82 Å². The quantitative estimate of drug-likeness (QED) is 0.860. The van der Waals surface area contributed by atoms with Gasteiger partial charge in [-0.2, -0.15) is 4.98 Å². The number of nitrogens with zero attached hydrogens (tertiary/aromatic N) is 2. The van der Waals surface area contributed by atoms with E-state index in [-0.39, 0.29) is 5.41 Å². The third-order valence-electron chi connectivity index (χ3n) is 4.22. The van der Waals surface area contributed by atoms with Crippen LogP contribution < -0.4 is 5.32 Å². The van der Waals surface area contributed by atoms with Crippen molar-refractivity contribution < 1.29 is 9.26 Å². The Balaban J connectivity index is 1.62. The Kier molecular flexibility index (Phi) is 2.67. The minimum atomic E-state index is 0.203. The number of nitrogens with one attached hydrogen (secondary N) is 1. The normalized spacial score (nSPS) is 35.1. The topological polar surface area (TPSA) is 60.2 Å². The molecule has 0 bridgehead atoms. The fraction of sp³-hybridized carbons (Fsp3) is 0.833. The highest BCUT2D eigenvalue weighted by Crippen LogP contribution is 2.51. The van der Waals surface area contributed by atoms with Gasteiger partial charge in [-0.1, -0.05) is 19.0 Å². The molecule has 0 radical (unpaired) electrons. The van der Waals surface area contributed by atoms with Crippen molar-refractivity contribution in [3.8, 4) is 0 Å². The average Bonchev–Trinajstić information content (AvgIpc) is 2.82. The van der Waals surface area contributed by atoms with E-state index in [2.05, 4.69) is 29.3 Å². The van der Waals surface area contributed by atoms with Gasteiger partial charge < -0.3 is 14.6 Å². The predicted octanol–water partition coefficient (Wildman–Crippen LogP) is 1.36. The highest BCUT2D eigenvalue weighted by molar-refractivity contribution is 5.10. The molecule has 0 spiro atoms. The molecule has 1 saturated heterocycles. The first-order chi connectivity index (χ1) is 8.19. The Bertz CT molecular complexity index is 377. The van der Waals surface area contributed by atoms with Crippen molar-refractivity contribution in [1.29, 1.82) is 0 Å². The number of ether oxygens (including phenoxy) is 1. The maximum atomic E-state index is 5.87. The minimum absolute atomic E-state index is 0.203. The summed E-state index contributed by atoms with van der Waals surface area (Å²) in [5.41, 5.74) is 0.203. The van der Waals surface area contributed by atoms with E-state index in [1.807, 2.05) is 0 Å². The van der Waals surface area contributed by atoms with Crippen LogP contribution in [-0.4, -0.2) is 28.9 Å². The zero-order chi connectivity index (χ0) is 11.9. The van der Waals surface area contributed by atoms with E-state index in [0.29, 0.717) is 24.6 Å². The molecule has 1 N–H and O–H groups in total. The molecule has 3 rings (SSSR count). The lowest BCUT2D eigenvalue weighted by molar-refractivity contribution is -0.193. The van der Waals surface area contributed by atoms with Crippen LogP contribution in [-0.2, 0) is 11.3 Å². The second kappa shape index (κ2) is 4.07. The van der Waals surface area contributed by atoms with E-state index < -0.39 is 0 Å². The lowest BCUT2D eigenvalue weighted by Crippen LogP contribution is -2.69. The maximum Gasteiger partial charge on any atom is 0.213 e. The van der Waals surface area contributed by atoms with Gasteiger partial charge in [-0.05, 0) is 12.8 Å². The molecular weight excluding hydrogens is 218 g/mol. The van der Waals surface area contributed by atoms with Gasteiger partial charge in [-0.25, -0.2) is 0 Å². The fourth-order valence-electron chi connectivity index (χ4n) is 3.41. The first kappa shape index (κ1) is 11.2. The van der Waals surface area contributed by atoms with Crippen LogP contribution in [0.3, 0.4) is 0 Å². The Morgan fingerprint density at radius 2 is 2.41 bits per heavy atom. The Morgan fingerprint density at radius 1 is 1.53 bits per heavy atom. The van der Waals surface area contributed by atoms with Gasteiger partial charge in [0.05, 0.1) is 12.6 Å². The molecule has 94 valence electrons. The van der Waals surface area contributed by atoms with Crippen molar-refractivity contribution in [2.75, 3.05) is 6.61 Å². The second-order valence-corrected chi connectivity index (χ2v) is 5.62. The van der Waals surface area contributed by atoms with Crippen LogP contribution in [0.2, 0.25) is 0 Å². The number of aromatic nitrogens is 2. The van der Waals surface area contributed by atoms with Crippen LogP contribution in [0.4, 0.5) is 0 Å². The third-order valence-corrected chi connectivity index (χ3v) is 4.22. The molecule has 1 aromatic rings. The van der Waals surface area contributed by atoms with E-state index in [1.165, 1.54) is 19.2 Å². The van der Waals surface area contributed by atoms with Crippen LogP contribution in [0, 0.1) is 11.3 Å². The monoisotopic (exact) mass is 237 g/mol. The van der Waals surface area contributed by atoms with Gasteiger partial charge in [-0.15, -0.1) is 0 Å². The zero-order valence-corrected chi connectivity index (χ0v) is 10.3. The Morgan fingerprint density at radius 3 is 3.18 bits per heavy atom. The maximum absolute atomic E-state index is 5.87. The lowest BCUT2D eigenvalue weighted by Gasteiger charge is -2.60. The van der Waals surface area contributed by atoms with Gasteiger partial charge >= 0.3 is 0 Å². The fourth-order valence-corrected chi connectivity index (χ4v) is 3.41. The van der Waals surface area contributed by atoms with Crippen LogP contribution in [0.15, 0.2) is 10.9 Å². The summed E-state index contributed by atoms with van der Waals surface area (Å²) >= 11 is 0. The highest BCUT2D eigenvalue weighted by Gasteiger charge is 2.57. The minimum Gasteiger partial charge on any atom is -0.377 e. The summed E-state index contributed by atoms with van der Waals surface area (Å²) in [5.74, 6) is 1.37. The van der Waals surface area contributed by atoms with Gasteiger partial charge in [-0.3, -0.25) is 0 Å². The Hall–Kier alpha value is -0.940. The van der Waals surface area contributed by atoms with Crippen LogP contribution >= 0.6 is 0 Å². The van der Waals surface area contributed by atoms with Crippen molar-refractivity contribution >= 4 is 0 Å². The molecule has 1 aliphatic heterocycles. The van der Waals surface area contributed by atoms with Crippen molar-refractivity contribution in [3.63, 3.8) is 0 Å². The number of hydrogen-bond donors (Lipinski definition) is 1. The van der Waals surface area contributed by atoms with Crippen molar-refractivity contribution in [1.82, 2.24) is 15.5 Å². The summed E-state index contributed by atoms with van der Waals surface area (Å²) in [7, 11) is 0. The van der Waals surface area contributed by atoms with Gasteiger partial charge in [0.2, 0.25) is 6.39 Å². The molecular formula is C12H19N3O2. The molecule has 5 heteroatoms. The molecule has 2 aliphatic rings. The van der Waals surface area contributed by atoms with Crippen LogP contribution in [0.1, 0.15) is 32.5 Å². The number of fused-ring (bicyclic) bond motifs is 1. The summed E-state index contributed by atoms with van der Waals surface area (Å²) in [6.45, 7) is 6.14. The average molecular weight is 237 g/mol. The first-order valence-electron chi connectivity index (χ1n) is 6.30. The molecule has 3 atom stereocenters. The first-order valence-corrected chi connectivity index (χ1v) is 6.30. The standard InChI is InChI=1S/C12H19N3O2/c1-12(2)10(8-4-3-5-16-11(8)12)13-6-9-14-7-17-15-9/h7-8,10-11,13H,3-6H2,1-2H3. The van der Waals surface area contributed by atoms with E-state index in [4.69, 9.17) is 9.26 Å². The lowest BCUT2D eigenvalue weighted by atomic mass is 9.55. The van der Waals surface area contributed by atoms with Crippen molar-refractivity contribution in [2.24, 2.45) is 11.3 Å². The van der Waals surface area contributed by atoms with Crippen molar-refractivity contribution in [3.05, 3.63) is 12.2 Å². The summed E-state index contributed by atoms with van der Waals surface area (Å²) < 4.78 is 10.6. The predicted molar refractivity (Wildman–Crippen MR) is 61.2 cm³/mol. The third kappa shape index (κ3) is 1.77. The number of rotatable bonds is 3. The van der Waals surface area contributed by atoms with Gasteiger partial charge in [0, 0.05) is 24.0 Å². The molecule has 3 unspecified atom stereocenters. The van der Waals surface area contributed by atoms with Crippen LogP contribution in [0.5, 0.6) is 0 Å². The number of hydrogen-bond acceptors (Lipinski definition) is 5. The van der Waals surface area contributed by atoms with Crippen LogP contribution in [0.25, 0.3) is 0 Å². The van der Waals surface area contributed by atoms with E-state index in [1.54, 1.807) is 0 Å². The summed E-state index contributed by atoms with van der Waals surface area (Å²) in [6, 6.07) is 0.492. The molecule has 2 heterocycles. The largest absolute Gasteiger partial charge is 0.377 e. The summed E-state index contributed by atoms with van der Waals surface area (Å²) in [5, 5.41) is 7.36. The SMILES string of the molecule is CC1(C)C(NCc2ncon2)C2CCCOC21. The molecule has 1 aromatic heterocycles. The van der Waals surface area contributed by atoms with E-state index in [0.717, 1.165) is 12.4 Å². The summed E-state index contributed by atoms with van der Waals surface area (Å²) in [4.78, 5) is 4.03. The molecule has 0 amide bonds. The van der Waals surface area contributed by atoms with E-state index in [9.17, 15) is 0 Å². The van der Waals surface area contributed by atoms with Crippen molar-refractivity contribution in [2.45, 2.75) is 45.4 Å². The second-order valence-electron chi connectivity index (χ2n) is 5.62. The molecule has 1 saturated carbocycles. The van der Waals surface area contributed by atoms with Gasteiger partial charge in [0.1, 0.15) is 0 Å². The molecule has 1 aliphatic carbocycles. The smallest absolute Gasteiger partial charge is 0.213 e. The molecule has 0 aromatic carbocycles. The molecule has 17 heavy (non-hydrogen) atoms. The zero-order valence-electron chi connectivity index (χ0n) is 10.3. The molecule has 2 fully saturated rings. The van der Waals surface area contributed by atoms with E-state index >= 15 is 0 Å². The molecule has 5 nitrogen and oxygen atoms in total.